The van der Waals surface area contributed by atoms with Gasteiger partial charge >= 0.3 is 5.97 Å². The number of hydrogen-bond acceptors (Lipinski definition) is 4. The van der Waals surface area contributed by atoms with E-state index in [9.17, 15) is 18.4 Å². The van der Waals surface area contributed by atoms with Crippen molar-refractivity contribution in [2.45, 2.75) is 19.3 Å². The number of aromatic nitrogens is 1. The number of carbonyl (C=O) groups is 2. The van der Waals surface area contributed by atoms with Crippen molar-refractivity contribution in [2.75, 3.05) is 0 Å². The van der Waals surface area contributed by atoms with Crippen LogP contribution in [0.5, 0.6) is 11.6 Å². The summed E-state index contributed by atoms with van der Waals surface area (Å²) in [5.74, 6) is -3.79. The summed E-state index contributed by atoms with van der Waals surface area (Å²) in [7, 11) is 0. The molecule has 0 aliphatic rings. The van der Waals surface area contributed by atoms with Gasteiger partial charge in [-0.3, -0.25) is 4.79 Å². The van der Waals surface area contributed by atoms with E-state index in [2.05, 4.69) is 4.98 Å². The van der Waals surface area contributed by atoms with Crippen LogP contribution in [0.15, 0.2) is 54.7 Å². The van der Waals surface area contributed by atoms with Gasteiger partial charge in [-0.1, -0.05) is 30.7 Å². The van der Waals surface area contributed by atoms with E-state index in [0.29, 0.717) is 0 Å². The van der Waals surface area contributed by atoms with Crippen LogP contribution in [0.25, 0.3) is 0 Å². The zero-order valence-electron chi connectivity index (χ0n) is 15.7. The predicted octanol–water partition coefficient (Wildman–Crippen LogP) is 5.88. The van der Waals surface area contributed by atoms with Gasteiger partial charge in [0.1, 0.15) is 5.75 Å². The third-order valence-corrected chi connectivity index (χ3v) is 4.65. The molecule has 1 aromatic heterocycles. The highest BCUT2D eigenvalue weighted by Crippen LogP contribution is 2.30. The van der Waals surface area contributed by atoms with Crippen LogP contribution in [-0.4, -0.2) is 21.8 Å². The molecular formula is C22H16ClF2NO4. The summed E-state index contributed by atoms with van der Waals surface area (Å²) in [5.41, 5.74) is 1.03. The molecule has 0 amide bonds. The molecule has 2 aromatic carbocycles. The number of rotatable bonds is 7. The molecule has 8 heteroatoms. The summed E-state index contributed by atoms with van der Waals surface area (Å²) in [5, 5.41) is 9.20. The van der Waals surface area contributed by atoms with Crippen LogP contribution in [0.1, 0.15) is 45.5 Å². The van der Waals surface area contributed by atoms with Gasteiger partial charge in [0.05, 0.1) is 16.1 Å². The van der Waals surface area contributed by atoms with Crippen molar-refractivity contribution < 1.29 is 28.2 Å². The highest BCUT2D eigenvalue weighted by Gasteiger charge is 2.20. The Hall–Kier alpha value is -3.32. The van der Waals surface area contributed by atoms with E-state index < -0.39 is 17.6 Å². The summed E-state index contributed by atoms with van der Waals surface area (Å²) in [6.07, 6.45) is 1.35. The minimum atomic E-state index is -1.09. The maximum Gasteiger partial charge on any atom is 0.335 e. The fourth-order valence-electron chi connectivity index (χ4n) is 2.82. The van der Waals surface area contributed by atoms with E-state index in [-0.39, 0.29) is 45.9 Å². The first-order valence-corrected chi connectivity index (χ1v) is 9.27. The molecule has 154 valence electrons. The first-order chi connectivity index (χ1) is 14.2. The largest absolute Gasteiger partial charge is 0.478 e. The number of Topliss-reactive ketones (excluding diaryl/α,β-unsaturated/α-hetero) is 1. The van der Waals surface area contributed by atoms with Gasteiger partial charge in [0, 0.05) is 18.7 Å². The molecular weight excluding hydrogens is 416 g/mol. The van der Waals surface area contributed by atoms with Gasteiger partial charge < -0.3 is 9.84 Å². The minimum Gasteiger partial charge on any atom is -0.478 e. The van der Waals surface area contributed by atoms with E-state index in [0.717, 1.165) is 17.7 Å². The van der Waals surface area contributed by atoms with Crippen molar-refractivity contribution in [2.24, 2.45) is 0 Å². The number of carbonyl (C=O) groups excluding carboxylic acids is 1. The van der Waals surface area contributed by atoms with Crippen LogP contribution in [0.2, 0.25) is 5.02 Å². The lowest BCUT2D eigenvalue weighted by Gasteiger charge is -2.14. The zero-order chi connectivity index (χ0) is 21.8. The topological polar surface area (TPSA) is 76.5 Å². The number of hydrogen-bond donors (Lipinski definition) is 1. The van der Waals surface area contributed by atoms with Gasteiger partial charge in [0.2, 0.25) is 5.88 Å². The fraction of sp³-hybridized carbons (Fsp3) is 0.136. The molecule has 3 rings (SSSR count). The van der Waals surface area contributed by atoms with Crippen molar-refractivity contribution in [3.63, 3.8) is 0 Å². The summed E-state index contributed by atoms with van der Waals surface area (Å²) in [4.78, 5) is 27.9. The number of ketones is 1. The molecule has 0 aliphatic heterocycles. The van der Waals surface area contributed by atoms with Gasteiger partial charge in [-0.2, -0.15) is 0 Å². The summed E-state index contributed by atoms with van der Waals surface area (Å²) >= 11 is 5.98. The van der Waals surface area contributed by atoms with E-state index in [1.807, 2.05) is 6.92 Å². The highest BCUT2D eigenvalue weighted by molar-refractivity contribution is 6.30. The lowest BCUT2D eigenvalue weighted by molar-refractivity contribution is 0.0696. The Morgan fingerprint density at radius 2 is 1.80 bits per heavy atom. The van der Waals surface area contributed by atoms with E-state index in [1.165, 1.54) is 30.5 Å². The molecule has 0 aliphatic carbocycles. The molecule has 1 heterocycles. The van der Waals surface area contributed by atoms with Gasteiger partial charge in [0.25, 0.3) is 0 Å². The molecule has 30 heavy (non-hydrogen) atoms. The number of pyridine rings is 1. The molecule has 0 radical (unpaired) electrons. The number of carboxylic acids is 1. The lowest BCUT2D eigenvalue weighted by Crippen LogP contribution is -2.08. The van der Waals surface area contributed by atoms with Crippen molar-refractivity contribution in [3.05, 3.63) is 88.1 Å². The average Bonchev–Trinajstić information content (AvgIpc) is 2.72. The third-order valence-electron chi connectivity index (χ3n) is 4.44. The third kappa shape index (κ3) is 4.99. The van der Waals surface area contributed by atoms with Gasteiger partial charge in [-0.25, -0.2) is 18.6 Å². The zero-order valence-corrected chi connectivity index (χ0v) is 16.5. The second kappa shape index (κ2) is 9.00. The van der Waals surface area contributed by atoms with Gasteiger partial charge in [-0.15, -0.1) is 0 Å². The molecule has 0 bridgehead atoms. The van der Waals surface area contributed by atoms with Crippen LogP contribution in [0, 0.1) is 11.6 Å². The van der Waals surface area contributed by atoms with Crippen LogP contribution in [-0.2, 0) is 0 Å². The van der Waals surface area contributed by atoms with Crippen molar-refractivity contribution >= 4 is 23.4 Å². The fourth-order valence-corrected chi connectivity index (χ4v) is 2.98. The standard InChI is InChI=1S/C22H16ClF2NO4/c1-12(13-2-4-14(5-3-13)22(28)29)8-20(27)17-9-15(23)11-26-21(17)30-16-6-7-18(24)19(25)10-16/h2-7,9-12H,8H2,1H3,(H,28,29)/t12-/m1/s1. The van der Waals surface area contributed by atoms with Crippen molar-refractivity contribution in [1.29, 1.82) is 0 Å². The average molecular weight is 432 g/mol. The van der Waals surface area contributed by atoms with Gasteiger partial charge in [-0.05, 0) is 41.8 Å². The van der Waals surface area contributed by atoms with Crippen LogP contribution >= 0.6 is 11.6 Å². The Labute approximate surface area is 175 Å². The first-order valence-electron chi connectivity index (χ1n) is 8.89. The molecule has 5 nitrogen and oxygen atoms in total. The Balaban J connectivity index is 1.81. The molecule has 0 saturated carbocycles. The molecule has 3 aromatic rings. The Kier molecular flexibility index (Phi) is 6.42. The second-order valence-corrected chi connectivity index (χ2v) is 7.08. The molecule has 0 spiro atoms. The van der Waals surface area contributed by atoms with Crippen LogP contribution in [0.3, 0.4) is 0 Å². The SMILES string of the molecule is C[C@H](CC(=O)c1cc(Cl)cnc1Oc1ccc(F)c(F)c1)c1ccc(C(=O)O)cc1. The first kappa shape index (κ1) is 21.4. The number of ether oxygens (including phenoxy) is 1. The summed E-state index contributed by atoms with van der Waals surface area (Å²) < 4.78 is 32.1. The minimum absolute atomic E-state index is 0.0184. The molecule has 1 atom stereocenters. The Morgan fingerprint density at radius 1 is 1.10 bits per heavy atom. The smallest absolute Gasteiger partial charge is 0.335 e. The van der Waals surface area contributed by atoms with Crippen molar-refractivity contribution in [3.8, 4) is 11.6 Å². The van der Waals surface area contributed by atoms with Gasteiger partial charge in [0.15, 0.2) is 17.4 Å². The maximum absolute atomic E-state index is 13.4. The van der Waals surface area contributed by atoms with E-state index in [4.69, 9.17) is 21.4 Å². The molecule has 0 fully saturated rings. The van der Waals surface area contributed by atoms with E-state index in [1.54, 1.807) is 12.1 Å². The molecule has 0 saturated heterocycles. The predicted molar refractivity (Wildman–Crippen MR) is 106 cm³/mol. The number of aromatic carboxylic acids is 1. The quantitative estimate of drug-likeness (QED) is 0.473. The monoisotopic (exact) mass is 431 g/mol. The number of nitrogens with zero attached hydrogens (tertiary/aromatic N) is 1. The molecule has 0 unspecified atom stereocenters. The number of halogens is 3. The molecule has 1 N–H and O–H groups in total. The maximum atomic E-state index is 13.4. The lowest BCUT2D eigenvalue weighted by atomic mass is 9.93. The number of benzene rings is 2. The summed E-state index contributed by atoms with van der Waals surface area (Å²) in [6, 6.07) is 10.6. The van der Waals surface area contributed by atoms with Crippen LogP contribution < -0.4 is 4.74 Å². The Bertz CT molecular complexity index is 1100. The second-order valence-electron chi connectivity index (χ2n) is 6.64. The van der Waals surface area contributed by atoms with E-state index >= 15 is 0 Å². The van der Waals surface area contributed by atoms with Crippen LogP contribution in [0.4, 0.5) is 8.78 Å². The van der Waals surface area contributed by atoms with Crippen molar-refractivity contribution in [1.82, 2.24) is 4.98 Å². The highest BCUT2D eigenvalue weighted by atomic mass is 35.5. The number of carboxylic acid groups (broad SMARTS) is 1. The summed E-state index contributed by atoms with van der Waals surface area (Å²) in [6.45, 7) is 1.82. The Morgan fingerprint density at radius 3 is 2.43 bits per heavy atom. The normalized spacial score (nSPS) is 11.7.